The van der Waals surface area contributed by atoms with Gasteiger partial charge in [0, 0.05) is 12.6 Å². The van der Waals surface area contributed by atoms with Crippen molar-refractivity contribution in [3.8, 4) is 0 Å². The average molecular weight is 112 g/mol. The van der Waals surface area contributed by atoms with Crippen molar-refractivity contribution in [1.82, 2.24) is 5.32 Å². The number of hydrogen-bond acceptors (Lipinski definition) is 0. The van der Waals surface area contributed by atoms with E-state index in [4.69, 9.17) is 0 Å². The fraction of sp³-hybridized carbons (Fsp3) is 1.00. The summed E-state index contributed by atoms with van der Waals surface area (Å²) in [5.74, 6) is 0.970. The molecular weight excluding hydrogens is 98.1 g/mol. The highest BCUT2D eigenvalue weighted by molar-refractivity contribution is 4.75. The Kier molecular flexibility index (Phi) is 1.90. The van der Waals surface area contributed by atoms with Gasteiger partial charge in [-0.25, -0.2) is 5.32 Å². The Bertz CT molecular complexity index is 62.8. The van der Waals surface area contributed by atoms with Gasteiger partial charge in [-0.2, -0.15) is 0 Å². The molecule has 1 aliphatic carbocycles. The van der Waals surface area contributed by atoms with E-state index in [2.05, 4.69) is 19.2 Å². The first-order valence-corrected chi connectivity index (χ1v) is 3.45. The maximum Gasteiger partial charge on any atom is 0.0189 e. The second kappa shape index (κ2) is 2.49. The minimum Gasteiger partial charge on any atom is -0.239 e. The fourth-order valence-electron chi connectivity index (χ4n) is 0.660. The SMILES string of the molecule is CC(C)[N]CC1CC1. The monoisotopic (exact) mass is 112 g/mol. The van der Waals surface area contributed by atoms with E-state index < -0.39 is 0 Å². The first kappa shape index (κ1) is 6.09. The van der Waals surface area contributed by atoms with Gasteiger partial charge in [-0.3, -0.25) is 0 Å². The molecule has 1 aliphatic rings. The van der Waals surface area contributed by atoms with Gasteiger partial charge in [0.05, 0.1) is 0 Å². The zero-order valence-electron chi connectivity index (χ0n) is 5.72. The Morgan fingerprint density at radius 2 is 2.12 bits per heavy atom. The molecule has 1 fully saturated rings. The number of rotatable bonds is 3. The minimum atomic E-state index is 0.551. The number of nitrogens with zero attached hydrogens (tertiary/aromatic N) is 1. The Labute approximate surface area is 51.5 Å². The van der Waals surface area contributed by atoms with Crippen LogP contribution in [0, 0.1) is 5.92 Å². The molecule has 1 rings (SSSR count). The van der Waals surface area contributed by atoms with Crippen molar-refractivity contribution >= 4 is 0 Å². The predicted molar refractivity (Wildman–Crippen MR) is 34.9 cm³/mol. The van der Waals surface area contributed by atoms with Crippen molar-refractivity contribution in [2.45, 2.75) is 32.7 Å². The second-order valence-electron chi connectivity index (χ2n) is 2.90. The lowest BCUT2D eigenvalue weighted by atomic mass is 10.3. The topological polar surface area (TPSA) is 14.1 Å². The van der Waals surface area contributed by atoms with Gasteiger partial charge < -0.3 is 0 Å². The van der Waals surface area contributed by atoms with E-state index in [1.165, 1.54) is 12.8 Å². The van der Waals surface area contributed by atoms with E-state index in [-0.39, 0.29) is 0 Å². The summed E-state index contributed by atoms with van der Waals surface area (Å²) >= 11 is 0. The largest absolute Gasteiger partial charge is 0.239 e. The highest BCUT2D eigenvalue weighted by Gasteiger charge is 2.20. The quantitative estimate of drug-likeness (QED) is 0.524. The van der Waals surface area contributed by atoms with Gasteiger partial charge in [0.1, 0.15) is 0 Å². The van der Waals surface area contributed by atoms with Gasteiger partial charge in [0.15, 0.2) is 0 Å². The van der Waals surface area contributed by atoms with Crippen molar-refractivity contribution in [3.05, 3.63) is 0 Å². The molecule has 0 bridgehead atoms. The maximum absolute atomic E-state index is 4.39. The van der Waals surface area contributed by atoms with E-state index in [0.29, 0.717) is 6.04 Å². The zero-order valence-corrected chi connectivity index (χ0v) is 5.72. The van der Waals surface area contributed by atoms with Crippen LogP contribution in [0.15, 0.2) is 0 Å². The third-order valence-corrected chi connectivity index (χ3v) is 1.43. The van der Waals surface area contributed by atoms with Gasteiger partial charge in [-0.15, -0.1) is 0 Å². The Morgan fingerprint density at radius 3 is 2.50 bits per heavy atom. The molecule has 1 radical (unpaired) electrons. The molecule has 8 heavy (non-hydrogen) atoms. The van der Waals surface area contributed by atoms with Crippen molar-refractivity contribution in [2.24, 2.45) is 5.92 Å². The normalized spacial score (nSPS) is 19.9. The molecule has 0 heterocycles. The van der Waals surface area contributed by atoms with Gasteiger partial charge in [-0.1, -0.05) is 0 Å². The Morgan fingerprint density at radius 1 is 1.50 bits per heavy atom. The fourth-order valence-corrected chi connectivity index (χ4v) is 0.660. The predicted octanol–water partition coefficient (Wildman–Crippen LogP) is 1.41. The van der Waals surface area contributed by atoms with Crippen LogP contribution in [0.3, 0.4) is 0 Å². The molecule has 0 N–H and O–H groups in total. The summed E-state index contributed by atoms with van der Waals surface area (Å²) < 4.78 is 0. The summed E-state index contributed by atoms with van der Waals surface area (Å²) in [5.41, 5.74) is 0. The molecule has 1 saturated carbocycles. The van der Waals surface area contributed by atoms with Crippen LogP contribution in [0.25, 0.3) is 0 Å². The summed E-state index contributed by atoms with van der Waals surface area (Å²) in [6.45, 7) is 5.41. The molecule has 0 aromatic heterocycles. The molecule has 0 unspecified atom stereocenters. The summed E-state index contributed by atoms with van der Waals surface area (Å²) in [5, 5.41) is 4.39. The van der Waals surface area contributed by atoms with Crippen LogP contribution < -0.4 is 5.32 Å². The second-order valence-corrected chi connectivity index (χ2v) is 2.90. The molecule has 47 valence electrons. The molecular formula is C7H14N. The molecule has 0 aliphatic heterocycles. The average Bonchev–Trinajstić information content (AvgIpc) is 2.41. The third kappa shape index (κ3) is 2.31. The number of hydrogen-bond donors (Lipinski definition) is 0. The van der Waals surface area contributed by atoms with Crippen molar-refractivity contribution < 1.29 is 0 Å². The molecule has 1 nitrogen and oxygen atoms in total. The summed E-state index contributed by atoms with van der Waals surface area (Å²) in [7, 11) is 0. The van der Waals surface area contributed by atoms with Crippen LogP contribution in [0.1, 0.15) is 26.7 Å². The molecule has 1 heteroatoms. The van der Waals surface area contributed by atoms with Crippen molar-refractivity contribution in [3.63, 3.8) is 0 Å². The lowest BCUT2D eigenvalue weighted by Crippen LogP contribution is -2.16. The van der Waals surface area contributed by atoms with Crippen LogP contribution in [-0.2, 0) is 0 Å². The summed E-state index contributed by atoms with van der Waals surface area (Å²) in [6, 6.07) is 0.551. The van der Waals surface area contributed by atoms with Crippen LogP contribution >= 0.6 is 0 Å². The lowest BCUT2D eigenvalue weighted by Gasteiger charge is -2.01. The van der Waals surface area contributed by atoms with Crippen LogP contribution in [-0.4, -0.2) is 12.6 Å². The van der Waals surface area contributed by atoms with Crippen molar-refractivity contribution in [2.75, 3.05) is 6.54 Å². The molecule has 0 amide bonds. The van der Waals surface area contributed by atoms with E-state index in [1.54, 1.807) is 0 Å². The van der Waals surface area contributed by atoms with Gasteiger partial charge >= 0.3 is 0 Å². The van der Waals surface area contributed by atoms with E-state index in [9.17, 15) is 0 Å². The summed E-state index contributed by atoms with van der Waals surface area (Å²) in [6.07, 6.45) is 2.85. The lowest BCUT2D eigenvalue weighted by molar-refractivity contribution is 0.548. The molecule has 0 aromatic carbocycles. The maximum atomic E-state index is 4.39. The standard InChI is InChI=1S/C7H14N/c1-6(2)8-5-7-3-4-7/h6-7H,3-5H2,1-2H3. The summed E-state index contributed by atoms with van der Waals surface area (Å²) in [4.78, 5) is 0. The van der Waals surface area contributed by atoms with Gasteiger partial charge in [0.2, 0.25) is 0 Å². The highest BCUT2D eigenvalue weighted by atomic mass is 14.9. The smallest absolute Gasteiger partial charge is 0.0189 e. The first-order chi connectivity index (χ1) is 3.79. The van der Waals surface area contributed by atoms with Gasteiger partial charge in [0.25, 0.3) is 0 Å². The first-order valence-electron chi connectivity index (χ1n) is 3.45. The van der Waals surface area contributed by atoms with Gasteiger partial charge in [-0.05, 0) is 32.6 Å². The van der Waals surface area contributed by atoms with Crippen molar-refractivity contribution in [1.29, 1.82) is 0 Å². The highest BCUT2D eigenvalue weighted by Crippen LogP contribution is 2.27. The Balaban J connectivity index is 1.87. The van der Waals surface area contributed by atoms with E-state index in [1.807, 2.05) is 0 Å². The molecule has 0 aromatic rings. The Hall–Kier alpha value is -0.0400. The molecule has 0 spiro atoms. The third-order valence-electron chi connectivity index (χ3n) is 1.43. The van der Waals surface area contributed by atoms with Crippen LogP contribution in [0.4, 0.5) is 0 Å². The van der Waals surface area contributed by atoms with E-state index >= 15 is 0 Å². The molecule has 0 atom stereocenters. The van der Waals surface area contributed by atoms with E-state index in [0.717, 1.165) is 12.5 Å². The molecule has 0 saturated heterocycles. The minimum absolute atomic E-state index is 0.551. The van der Waals surface area contributed by atoms with Crippen LogP contribution in [0.2, 0.25) is 0 Å². The zero-order chi connectivity index (χ0) is 5.98. The van der Waals surface area contributed by atoms with Crippen LogP contribution in [0.5, 0.6) is 0 Å².